The quantitative estimate of drug-likeness (QED) is 0.337. The number of nitrogens with zero attached hydrogens (tertiary/aromatic N) is 1. The van der Waals surface area contributed by atoms with Gasteiger partial charge in [0.25, 0.3) is 11.7 Å². The number of aliphatic hydroxyl groups excluding tert-OH is 1. The standard InChI is InChI=1S/C25H28ClNO5/c1-5-7-12-27-22(16-10-8-15(6-2)9-11-16)21(24(29)25(27)30)23(28)17-13-20(32-4)18(26)14-19(17)31-3/h8-11,13-14,22,28H,5-7,12H2,1-4H3/b23-21+. The number of aryl methyl sites for hydroxylation is 1. The van der Waals surface area contributed by atoms with Crippen LogP contribution in [0.5, 0.6) is 11.5 Å². The number of rotatable bonds is 8. The lowest BCUT2D eigenvalue weighted by Gasteiger charge is -2.25. The van der Waals surface area contributed by atoms with E-state index < -0.39 is 17.7 Å². The van der Waals surface area contributed by atoms with Gasteiger partial charge in [0.1, 0.15) is 17.3 Å². The number of amides is 1. The number of halogens is 1. The van der Waals surface area contributed by atoms with E-state index >= 15 is 0 Å². The second kappa shape index (κ2) is 10.1. The van der Waals surface area contributed by atoms with E-state index in [9.17, 15) is 14.7 Å². The SMILES string of the molecule is CCCCN1C(=O)C(=O)/C(=C(/O)c2cc(OC)c(Cl)cc2OC)C1c1ccc(CC)cc1. The van der Waals surface area contributed by atoms with Crippen molar-refractivity contribution in [2.45, 2.75) is 39.2 Å². The lowest BCUT2D eigenvalue weighted by Crippen LogP contribution is -2.30. The number of ketones is 1. The molecule has 0 aliphatic carbocycles. The molecule has 1 unspecified atom stereocenters. The highest BCUT2D eigenvalue weighted by atomic mass is 35.5. The van der Waals surface area contributed by atoms with E-state index in [-0.39, 0.29) is 22.6 Å². The van der Waals surface area contributed by atoms with Crippen LogP contribution < -0.4 is 9.47 Å². The number of methoxy groups -OCH3 is 2. The molecule has 0 aromatic heterocycles. The maximum atomic E-state index is 13.1. The number of carbonyl (C=O) groups excluding carboxylic acids is 2. The minimum absolute atomic E-state index is 0.0260. The summed E-state index contributed by atoms with van der Waals surface area (Å²) in [6.07, 6.45) is 2.49. The van der Waals surface area contributed by atoms with Gasteiger partial charge < -0.3 is 19.5 Å². The molecule has 1 heterocycles. The molecule has 2 aromatic carbocycles. The van der Waals surface area contributed by atoms with Crippen LogP contribution in [0.2, 0.25) is 5.02 Å². The average molecular weight is 458 g/mol. The predicted octanol–water partition coefficient (Wildman–Crippen LogP) is 5.14. The number of hydrogen-bond donors (Lipinski definition) is 1. The molecule has 0 radical (unpaired) electrons. The smallest absolute Gasteiger partial charge is 0.295 e. The Kier molecular flexibility index (Phi) is 7.46. The average Bonchev–Trinajstić information content (AvgIpc) is 3.06. The first-order valence-electron chi connectivity index (χ1n) is 10.7. The molecular formula is C25H28ClNO5. The first-order valence-corrected chi connectivity index (χ1v) is 11.0. The van der Waals surface area contributed by atoms with Gasteiger partial charge >= 0.3 is 0 Å². The van der Waals surface area contributed by atoms with Crippen molar-refractivity contribution >= 4 is 29.1 Å². The first-order chi connectivity index (χ1) is 15.4. The summed E-state index contributed by atoms with van der Waals surface area (Å²) in [4.78, 5) is 27.6. The molecule has 7 heteroatoms. The topological polar surface area (TPSA) is 76.1 Å². The van der Waals surface area contributed by atoms with Gasteiger partial charge in [0.2, 0.25) is 0 Å². The summed E-state index contributed by atoms with van der Waals surface area (Å²) >= 11 is 6.20. The van der Waals surface area contributed by atoms with Gasteiger partial charge in [-0.1, -0.05) is 56.1 Å². The number of aliphatic hydroxyl groups is 1. The number of carbonyl (C=O) groups is 2. The second-order valence-electron chi connectivity index (χ2n) is 7.63. The highest BCUT2D eigenvalue weighted by Crippen LogP contribution is 2.43. The second-order valence-corrected chi connectivity index (χ2v) is 8.04. The summed E-state index contributed by atoms with van der Waals surface area (Å²) in [6, 6.07) is 10.1. The zero-order valence-corrected chi connectivity index (χ0v) is 19.5. The van der Waals surface area contributed by atoms with E-state index in [0.29, 0.717) is 17.3 Å². The van der Waals surface area contributed by atoms with Gasteiger partial charge in [0, 0.05) is 12.6 Å². The molecule has 0 spiro atoms. The van der Waals surface area contributed by atoms with Gasteiger partial charge in [-0.3, -0.25) is 9.59 Å². The van der Waals surface area contributed by atoms with Crippen LogP contribution in [-0.2, 0) is 16.0 Å². The molecule has 1 fully saturated rings. The number of hydrogen-bond acceptors (Lipinski definition) is 5. The zero-order chi connectivity index (χ0) is 23.4. The highest BCUT2D eigenvalue weighted by Gasteiger charge is 2.46. The Bertz CT molecular complexity index is 1050. The van der Waals surface area contributed by atoms with Crippen LogP contribution in [0.15, 0.2) is 42.0 Å². The molecule has 1 aliphatic heterocycles. The molecule has 2 aromatic rings. The fourth-order valence-corrected chi connectivity index (χ4v) is 4.14. The Morgan fingerprint density at radius 2 is 1.72 bits per heavy atom. The predicted molar refractivity (Wildman–Crippen MR) is 124 cm³/mol. The molecule has 1 aliphatic rings. The Morgan fingerprint density at radius 3 is 2.28 bits per heavy atom. The molecule has 6 nitrogen and oxygen atoms in total. The van der Waals surface area contributed by atoms with Crippen LogP contribution in [0.3, 0.4) is 0 Å². The van der Waals surface area contributed by atoms with Crippen molar-refractivity contribution in [3.05, 3.63) is 63.7 Å². The lowest BCUT2D eigenvalue weighted by molar-refractivity contribution is -0.139. The molecule has 0 bridgehead atoms. The van der Waals surface area contributed by atoms with Crippen molar-refractivity contribution in [1.82, 2.24) is 4.90 Å². The molecule has 1 amide bonds. The first kappa shape index (κ1) is 23.7. The molecule has 1 atom stereocenters. The molecule has 0 saturated carbocycles. The van der Waals surface area contributed by atoms with Crippen molar-refractivity contribution in [2.75, 3.05) is 20.8 Å². The largest absolute Gasteiger partial charge is 0.507 e. The monoisotopic (exact) mass is 457 g/mol. The minimum atomic E-state index is -0.723. The van der Waals surface area contributed by atoms with Gasteiger partial charge in [-0.2, -0.15) is 0 Å². The van der Waals surface area contributed by atoms with Crippen LogP contribution in [0.4, 0.5) is 0 Å². The van der Waals surface area contributed by atoms with Crippen molar-refractivity contribution in [3.8, 4) is 11.5 Å². The Balaban J connectivity index is 2.23. The molecule has 1 N–H and O–H groups in total. The van der Waals surface area contributed by atoms with Crippen LogP contribution in [0, 0.1) is 0 Å². The Hall–Kier alpha value is -2.99. The maximum absolute atomic E-state index is 13.1. The Labute approximate surface area is 193 Å². The fourth-order valence-electron chi connectivity index (χ4n) is 3.91. The van der Waals surface area contributed by atoms with Crippen LogP contribution in [0.25, 0.3) is 5.76 Å². The molecule has 3 rings (SSSR count). The van der Waals surface area contributed by atoms with Crippen LogP contribution in [0.1, 0.15) is 49.4 Å². The fraction of sp³-hybridized carbons (Fsp3) is 0.360. The third kappa shape index (κ3) is 4.32. The molecule has 1 saturated heterocycles. The van der Waals surface area contributed by atoms with E-state index in [1.807, 2.05) is 31.2 Å². The number of Topliss-reactive ketones (excluding diaryl/α,β-unsaturated/α-hetero) is 1. The van der Waals surface area contributed by atoms with E-state index in [0.717, 1.165) is 30.4 Å². The summed E-state index contributed by atoms with van der Waals surface area (Å²) in [7, 11) is 2.90. The third-order valence-electron chi connectivity index (χ3n) is 5.73. The normalized spacial score (nSPS) is 17.7. The number of benzene rings is 2. The number of ether oxygens (including phenoxy) is 2. The number of unbranched alkanes of at least 4 members (excludes halogenated alkanes) is 1. The van der Waals surface area contributed by atoms with Crippen molar-refractivity contribution in [1.29, 1.82) is 0 Å². The van der Waals surface area contributed by atoms with E-state index in [4.69, 9.17) is 21.1 Å². The van der Waals surface area contributed by atoms with E-state index in [1.165, 1.54) is 31.3 Å². The third-order valence-corrected chi connectivity index (χ3v) is 6.02. The number of likely N-dealkylation sites (tertiary alicyclic amines) is 1. The lowest BCUT2D eigenvalue weighted by atomic mass is 9.94. The summed E-state index contributed by atoms with van der Waals surface area (Å²) in [6.45, 7) is 4.49. The summed E-state index contributed by atoms with van der Waals surface area (Å²) in [5.41, 5.74) is 2.16. The van der Waals surface area contributed by atoms with Crippen LogP contribution >= 0.6 is 11.6 Å². The van der Waals surface area contributed by atoms with Gasteiger partial charge in [-0.25, -0.2) is 0 Å². The van der Waals surface area contributed by atoms with Crippen molar-refractivity contribution < 1.29 is 24.2 Å². The highest BCUT2D eigenvalue weighted by molar-refractivity contribution is 6.46. The minimum Gasteiger partial charge on any atom is -0.507 e. The maximum Gasteiger partial charge on any atom is 0.295 e. The van der Waals surface area contributed by atoms with Gasteiger partial charge in [0.05, 0.1) is 36.4 Å². The van der Waals surface area contributed by atoms with E-state index in [2.05, 4.69) is 6.92 Å². The van der Waals surface area contributed by atoms with Gasteiger partial charge in [-0.05, 0) is 30.0 Å². The molecule has 32 heavy (non-hydrogen) atoms. The van der Waals surface area contributed by atoms with Crippen molar-refractivity contribution in [2.24, 2.45) is 0 Å². The van der Waals surface area contributed by atoms with Crippen molar-refractivity contribution in [3.63, 3.8) is 0 Å². The van der Waals surface area contributed by atoms with Gasteiger partial charge in [-0.15, -0.1) is 0 Å². The summed E-state index contributed by atoms with van der Waals surface area (Å²) in [5, 5.41) is 11.6. The molecular weight excluding hydrogens is 430 g/mol. The Morgan fingerprint density at radius 1 is 1.06 bits per heavy atom. The van der Waals surface area contributed by atoms with E-state index in [1.54, 1.807) is 0 Å². The zero-order valence-electron chi connectivity index (χ0n) is 18.8. The van der Waals surface area contributed by atoms with Crippen LogP contribution in [-0.4, -0.2) is 42.5 Å². The van der Waals surface area contributed by atoms with Gasteiger partial charge in [0.15, 0.2) is 0 Å². The summed E-state index contributed by atoms with van der Waals surface area (Å²) < 4.78 is 10.7. The molecule has 170 valence electrons. The summed E-state index contributed by atoms with van der Waals surface area (Å²) in [5.74, 6) is -1.08.